The summed E-state index contributed by atoms with van der Waals surface area (Å²) in [6.07, 6.45) is 0.818. The van der Waals surface area contributed by atoms with Crippen molar-refractivity contribution in [3.05, 3.63) is 0 Å². The summed E-state index contributed by atoms with van der Waals surface area (Å²) in [5.74, 6) is -0.0323. The molecule has 0 bridgehead atoms. The third kappa shape index (κ3) is 5.82. The van der Waals surface area contributed by atoms with Crippen LogP contribution in [0.3, 0.4) is 0 Å². The number of aliphatic hydroxyl groups is 2. The molecule has 0 aliphatic carbocycles. The number of carbonyl (C=O) groups is 1. The second-order valence-corrected chi connectivity index (χ2v) is 2.40. The van der Waals surface area contributed by atoms with Gasteiger partial charge in [0.05, 0.1) is 12.7 Å². The van der Waals surface area contributed by atoms with Gasteiger partial charge in [-0.05, 0) is 12.8 Å². The standard InChI is InChI=1S/C7H15NO3/c1-8-7(11)4-2-3-6(10)5-9/h6,9-10H,2-5H2,1H3,(H,8,11). The smallest absolute Gasteiger partial charge is 0.219 e. The number of nitrogens with one attached hydrogen (secondary N) is 1. The Bertz CT molecular complexity index is 116. The van der Waals surface area contributed by atoms with Crippen LogP contribution in [0, 0.1) is 0 Å². The number of rotatable bonds is 5. The molecule has 0 rings (SSSR count). The highest BCUT2D eigenvalue weighted by molar-refractivity contribution is 5.75. The van der Waals surface area contributed by atoms with Crippen molar-refractivity contribution in [2.45, 2.75) is 25.4 Å². The Labute approximate surface area is 66.2 Å². The zero-order valence-electron chi connectivity index (χ0n) is 6.71. The van der Waals surface area contributed by atoms with E-state index in [1.165, 1.54) is 0 Å². The zero-order valence-corrected chi connectivity index (χ0v) is 6.71. The van der Waals surface area contributed by atoms with Crippen molar-refractivity contribution >= 4 is 5.91 Å². The van der Waals surface area contributed by atoms with Gasteiger partial charge in [-0.2, -0.15) is 0 Å². The lowest BCUT2D eigenvalue weighted by molar-refractivity contribution is -0.120. The normalized spacial score (nSPS) is 12.6. The molecule has 0 aromatic rings. The van der Waals surface area contributed by atoms with Crippen LogP contribution >= 0.6 is 0 Å². The van der Waals surface area contributed by atoms with Gasteiger partial charge in [0.2, 0.25) is 5.91 Å². The SMILES string of the molecule is CNC(=O)CCCC(O)CO. The third-order valence-electron chi connectivity index (χ3n) is 1.43. The number of amides is 1. The predicted molar refractivity (Wildman–Crippen MR) is 41.0 cm³/mol. The van der Waals surface area contributed by atoms with E-state index in [1.807, 2.05) is 0 Å². The van der Waals surface area contributed by atoms with Gasteiger partial charge in [0.1, 0.15) is 0 Å². The average Bonchev–Trinajstić information content (AvgIpc) is 2.04. The molecule has 0 aliphatic heterocycles. The topological polar surface area (TPSA) is 69.6 Å². The lowest BCUT2D eigenvalue weighted by Crippen LogP contribution is -2.18. The molecule has 4 nitrogen and oxygen atoms in total. The van der Waals surface area contributed by atoms with Gasteiger partial charge in [0.25, 0.3) is 0 Å². The van der Waals surface area contributed by atoms with E-state index in [2.05, 4.69) is 5.32 Å². The summed E-state index contributed by atoms with van der Waals surface area (Å²) in [5, 5.41) is 19.7. The Morgan fingerprint density at radius 3 is 2.73 bits per heavy atom. The van der Waals surface area contributed by atoms with Crippen molar-refractivity contribution in [3.8, 4) is 0 Å². The highest BCUT2D eigenvalue weighted by Crippen LogP contribution is 1.99. The monoisotopic (exact) mass is 161 g/mol. The first-order valence-corrected chi connectivity index (χ1v) is 3.70. The van der Waals surface area contributed by atoms with E-state index in [1.54, 1.807) is 7.05 Å². The van der Waals surface area contributed by atoms with E-state index in [0.717, 1.165) is 0 Å². The van der Waals surface area contributed by atoms with Crippen LogP contribution in [0.4, 0.5) is 0 Å². The van der Waals surface area contributed by atoms with Crippen molar-refractivity contribution in [1.82, 2.24) is 5.32 Å². The van der Waals surface area contributed by atoms with Crippen LogP contribution in [0.2, 0.25) is 0 Å². The molecule has 0 saturated carbocycles. The molecule has 0 aliphatic rings. The highest BCUT2D eigenvalue weighted by atomic mass is 16.3. The fourth-order valence-corrected chi connectivity index (χ4v) is 0.715. The predicted octanol–water partition coefficient (Wildman–Crippen LogP) is -0.744. The second kappa shape index (κ2) is 6.12. The van der Waals surface area contributed by atoms with Gasteiger partial charge in [0.15, 0.2) is 0 Å². The lowest BCUT2D eigenvalue weighted by Gasteiger charge is -2.04. The first-order chi connectivity index (χ1) is 5.20. The van der Waals surface area contributed by atoms with Gasteiger partial charge < -0.3 is 15.5 Å². The van der Waals surface area contributed by atoms with E-state index < -0.39 is 6.10 Å². The molecule has 0 aromatic carbocycles. The summed E-state index contributed by atoms with van der Waals surface area (Å²) in [6.45, 7) is -0.228. The maximum Gasteiger partial charge on any atom is 0.219 e. The van der Waals surface area contributed by atoms with Crippen LogP contribution in [-0.4, -0.2) is 35.9 Å². The summed E-state index contributed by atoms with van der Waals surface area (Å²) in [4.78, 5) is 10.6. The van der Waals surface area contributed by atoms with Gasteiger partial charge in [-0.3, -0.25) is 4.79 Å². The van der Waals surface area contributed by atoms with E-state index in [-0.39, 0.29) is 12.5 Å². The van der Waals surface area contributed by atoms with Crippen molar-refractivity contribution in [3.63, 3.8) is 0 Å². The van der Waals surface area contributed by atoms with Crippen molar-refractivity contribution in [1.29, 1.82) is 0 Å². The number of aliphatic hydroxyl groups excluding tert-OH is 2. The molecule has 0 aromatic heterocycles. The molecule has 1 atom stereocenters. The van der Waals surface area contributed by atoms with Gasteiger partial charge in [-0.1, -0.05) is 0 Å². The molecule has 3 N–H and O–H groups in total. The van der Waals surface area contributed by atoms with Crippen LogP contribution < -0.4 is 5.32 Å². The zero-order chi connectivity index (χ0) is 8.69. The Morgan fingerprint density at radius 2 is 2.27 bits per heavy atom. The minimum Gasteiger partial charge on any atom is -0.394 e. The summed E-state index contributed by atoms with van der Waals surface area (Å²) in [7, 11) is 1.57. The number of hydrogen-bond donors (Lipinski definition) is 3. The Hall–Kier alpha value is -0.610. The molecule has 0 radical (unpaired) electrons. The molecule has 1 amide bonds. The van der Waals surface area contributed by atoms with Gasteiger partial charge in [-0.25, -0.2) is 0 Å². The van der Waals surface area contributed by atoms with Crippen molar-refractivity contribution in [2.24, 2.45) is 0 Å². The Morgan fingerprint density at radius 1 is 1.64 bits per heavy atom. The van der Waals surface area contributed by atoms with Crippen molar-refractivity contribution < 1.29 is 15.0 Å². The second-order valence-electron chi connectivity index (χ2n) is 2.40. The molecule has 0 fully saturated rings. The molecule has 0 heterocycles. The van der Waals surface area contributed by atoms with Gasteiger partial charge in [-0.15, -0.1) is 0 Å². The summed E-state index contributed by atoms with van der Waals surface area (Å²) < 4.78 is 0. The molecule has 11 heavy (non-hydrogen) atoms. The summed E-state index contributed by atoms with van der Waals surface area (Å²) in [6, 6.07) is 0. The van der Waals surface area contributed by atoms with E-state index >= 15 is 0 Å². The van der Waals surface area contributed by atoms with Crippen LogP contribution in [0.15, 0.2) is 0 Å². The molecule has 0 spiro atoms. The molecular weight excluding hydrogens is 146 g/mol. The first kappa shape index (κ1) is 10.4. The number of carbonyl (C=O) groups excluding carboxylic acids is 1. The highest BCUT2D eigenvalue weighted by Gasteiger charge is 2.03. The van der Waals surface area contributed by atoms with Crippen LogP contribution in [-0.2, 0) is 4.79 Å². The van der Waals surface area contributed by atoms with E-state index in [0.29, 0.717) is 19.3 Å². The summed E-state index contributed by atoms with van der Waals surface area (Å²) in [5.41, 5.74) is 0. The fraction of sp³-hybridized carbons (Fsp3) is 0.857. The fourth-order valence-electron chi connectivity index (χ4n) is 0.715. The lowest BCUT2D eigenvalue weighted by atomic mass is 10.1. The number of hydrogen-bond acceptors (Lipinski definition) is 3. The van der Waals surface area contributed by atoms with Crippen LogP contribution in [0.1, 0.15) is 19.3 Å². The molecule has 4 heteroatoms. The van der Waals surface area contributed by atoms with Crippen molar-refractivity contribution in [2.75, 3.05) is 13.7 Å². The summed E-state index contributed by atoms with van der Waals surface area (Å²) >= 11 is 0. The average molecular weight is 161 g/mol. The largest absolute Gasteiger partial charge is 0.394 e. The Kier molecular flexibility index (Phi) is 5.78. The maximum atomic E-state index is 10.6. The maximum absolute atomic E-state index is 10.6. The van der Waals surface area contributed by atoms with E-state index in [4.69, 9.17) is 10.2 Å². The van der Waals surface area contributed by atoms with Crippen LogP contribution in [0.25, 0.3) is 0 Å². The van der Waals surface area contributed by atoms with E-state index in [9.17, 15) is 4.79 Å². The third-order valence-corrected chi connectivity index (χ3v) is 1.43. The molecule has 66 valence electrons. The quantitative estimate of drug-likeness (QED) is 0.497. The minimum atomic E-state index is -0.681. The van der Waals surface area contributed by atoms with Gasteiger partial charge >= 0.3 is 0 Å². The molecular formula is C7H15NO3. The Balaban J connectivity index is 3.20. The first-order valence-electron chi connectivity index (χ1n) is 3.70. The molecule has 1 unspecified atom stereocenters. The molecule has 0 saturated heterocycles. The van der Waals surface area contributed by atoms with Crippen LogP contribution in [0.5, 0.6) is 0 Å². The van der Waals surface area contributed by atoms with Gasteiger partial charge in [0, 0.05) is 13.5 Å². The minimum absolute atomic E-state index is 0.0323.